The first-order valence-corrected chi connectivity index (χ1v) is 8.04. The van der Waals surface area contributed by atoms with Crippen molar-refractivity contribution in [2.45, 2.75) is 37.6 Å². The van der Waals surface area contributed by atoms with Crippen LogP contribution >= 0.6 is 0 Å². The van der Waals surface area contributed by atoms with Gasteiger partial charge in [-0.2, -0.15) is 8.42 Å². The number of amides is 1. The molecule has 1 amide bonds. The molecule has 1 fully saturated rings. The van der Waals surface area contributed by atoms with Gasteiger partial charge in [0.25, 0.3) is 10.1 Å². The highest BCUT2D eigenvalue weighted by molar-refractivity contribution is 7.86. The van der Waals surface area contributed by atoms with Crippen LogP contribution in [0.2, 0.25) is 0 Å². The molecule has 0 unspecified atom stereocenters. The first kappa shape index (κ1) is 15.0. The molecule has 0 saturated carbocycles. The summed E-state index contributed by atoms with van der Waals surface area (Å²) in [4.78, 5) is 13.2. The number of aryl methyl sites for hydroxylation is 1. The SMILES string of the molecule is CC(=O)N1CCC[C@@H]1COS(=O)(=O)c1ccc(C)cc1. The lowest BCUT2D eigenvalue weighted by molar-refractivity contribution is -0.130. The third-order valence-corrected chi connectivity index (χ3v) is 4.80. The smallest absolute Gasteiger partial charge is 0.297 e. The summed E-state index contributed by atoms with van der Waals surface area (Å²) in [5, 5.41) is 0. The first-order chi connectivity index (χ1) is 9.40. The van der Waals surface area contributed by atoms with E-state index in [0.717, 1.165) is 18.4 Å². The van der Waals surface area contributed by atoms with Crippen molar-refractivity contribution in [1.29, 1.82) is 0 Å². The number of hydrogen-bond acceptors (Lipinski definition) is 4. The molecule has 5 nitrogen and oxygen atoms in total. The van der Waals surface area contributed by atoms with Gasteiger partial charge >= 0.3 is 0 Å². The van der Waals surface area contributed by atoms with E-state index in [4.69, 9.17) is 4.18 Å². The molecule has 1 aromatic rings. The van der Waals surface area contributed by atoms with Gasteiger partial charge in [0.05, 0.1) is 17.5 Å². The van der Waals surface area contributed by atoms with Gasteiger partial charge in [-0.3, -0.25) is 8.98 Å². The molecule has 1 aliphatic heterocycles. The van der Waals surface area contributed by atoms with Crippen LogP contribution in [0, 0.1) is 6.92 Å². The van der Waals surface area contributed by atoms with Gasteiger partial charge in [0.1, 0.15) is 0 Å². The van der Waals surface area contributed by atoms with Gasteiger partial charge in [-0.15, -0.1) is 0 Å². The fourth-order valence-corrected chi connectivity index (χ4v) is 3.31. The number of nitrogens with zero attached hydrogens (tertiary/aromatic N) is 1. The molecule has 0 radical (unpaired) electrons. The Labute approximate surface area is 119 Å². The molecule has 0 spiro atoms. The normalized spacial score (nSPS) is 19.3. The molecule has 1 atom stereocenters. The second-order valence-electron chi connectivity index (χ2n) is 5.06. The van der Waals surface area contributed by atoms with E-state index in [0.29, 0.717) is 6.54 Å². The summed E-state index contributed by atoms with van der Waals surface area (Å²) in [5.41, 5.74) is 0.988. The Hall–Kier alpha value is -1.40. The lowest BCUT2D eigenvalue weighted by Crippen LogP contribution is -2.37. The molecule has 1 saturated heterocycles. The number of likely N-dealkylation sites (tertiary alicyclic amines) is 1. The maximum atomic E-state index is 12.1. The van der Waals surface area contributed by atoms with Crippen LogP contribution in [0.5, 0.6) is 0 Å². The molecule has 20 heavy (non-hydrogen) atoms. The predicted molar refractivity (Wildman–Crippen MR) is 74.7 cm³/mol. The second-order valence-corrected chi connectivity index (χ2v) is 6.68. The number of hydrogen-bond donors (Lipinski definition) is 0. The summed E-state index contributed by atoms with van der Waals surface area (Å²) in [6, 6.07) is 6.37. The van der Waals surface area contributed by atoms with Gasteiger partial charge in [-0.05, 0) is 31.9 Å². The molecular weight excluding hydrogens is 278 g/mol. The highest BCUT2D eigenvalue weighted by Crippen LogP contribution is 2.20. The molecule has 1 aromatic carbocycles. The zero-order chi connectivity index (χ0) is 14.8. The Balaban J connectivity index is 2.02. The van der Waals surface area contributed by atoms with E-state index in [-0.39, 0.29) is 23.5 Å². The van der Waals surface area contributed by atoms with Crippen LogP contribution in [0.25, 0.3) is 0 Å². The quantitative estimate of drug-likeness (QED) is 0.794. The Bertz CT molecular complexity index is 580. The van der Waals surface area contributed by atoms with Crippen LogP contribution in [-0.2, 0) is 19.1 Å². The van der Waals surface area contributed by atoms with Crippen molar-refractivity contribution in [2.24, 2.45) is 0 Å². The third kappa shape index (κ3) is 3.37. The molecule has 110 valence electrons. The van der Waals surface area contributed by atoms with E-state index < -0.39 is 10.1 Å². The number of rotatable bonds is 4. The van der Waals surface area contributed by atoms with Crippen molar-refractivity contribution in [1.82, 2.24) is 4.90 Å². The fourth-order valence-electron chi connectivity index (χ4n) is 2.36. The molecule has 0 aromatic heterocycles. The minimum Gasteiger partial charge on any atom is -0.338 e. The van der Waals surface area contributed by atoms with E-state index in [1.54, 1.807) is 17.0 Å². The third-order valence-electron chi connectivity index (χ3n) is 3.51. The Kier molecular flexibility index (Phi) is 4.45. The van der Waals surface area contributed by atoms with Gasteiger partial charge in [0, 0.05) is 13.5 Å². The van der Waals surface area contributed by atoms with Gasteiger partial charge in [-0.1, -0.05) is 17.7 Å². The Morgan fingerprint density at radius 2 is 2.00 bits per heavy atom. The maximum Gasteiger partial charge on any atom is 0.297 e. The lowest BCUT2D eigenvalue weighted by Gasteiger charge is -2.22. The van der Waals surface area contributed by atoms with E-state index in [9.17, 15) is 13.2 Å². The average molecular weight is 297 g/mol. The number of carbonyl (C=O) groups is 1. The summed E-state index contributed by atoms with van der Waals surface area (Å²) in [5.74, 6) is -0.0381. The monoisotopic (exact) mass is 297 g/mol. The van der Waals surface area contributed by atoms with Crippen molar-refractivity contribution >= 4 is 16.0 Å². The summed E-state index contributed by atoms with van der Waals surface area (Å²) < 4.78 is 29.2. The van der Waals surface area contributed by atoms with Crippen molar-refractivity contribution in [3.8, 4) is 0 Å². The highest BCUT2D eigenvalue weighted by atomic mass is 32.2. The standard InChI is InChI=1S/C14H19NO4S/c1-11-5-7-14(8-6-11)20(17,18)19-10-13-4-3-9-15(13)12(2)16/h5-8,13H,3-4,9-10H2,1-2H3/t13-/m1/s1. The van der Waals surface area contributed by atoms with Gasteiger partial charge in [-0.25, -0.2) is 0 Å². The second kappa shape index (κ2) is 5.93. The van der Waals surface area contributed by atoms with Crippen LogP contribution in [0.3, 0.4) is 0 Å². The van der Waals surface area contributed by atoms with Crippen molar-refractivity contribution in [3.63, 3.8) is 0 Å². The van der Waals surface area contributed by atoms with Crippen LogP contribution in [0.1, 0.15) is 25.3 Å². The van der Waals surface area contributed by atoms with E-state index in [1.807, 2.05) is 6.92 Å². The molecule has 1 heterocycles. The zero-order valence-corrected chi connectivity index (χ0v) is 12.5. The molecular formula is C14H19NO4S. The summed E-state index contributed by atoms with van der Waals surface area (Å²) in [6.45, 7) is 4.08. The van der Waals surface area contributed by atoms with Crippen molar-refractivity contribution < 1.29 is 17.4 Å². The average Bonchev–Trinajstić information content (AvgIpc) is 2.85. The molecule has 0 N–H and O–H groups in total. The lowest BCUT2D eigenvalue weighted by atomic mass is 10.2. The largest absolute Gasteiger partial charge is 0.338 e. The summed E-state index contributed by atoms with van der Waals surface area (Å²) in [7, 11) is -3.75. The summed E-state index contributed by atoms with van der Waals surface area (Å²) in [6.07, 6.45) is 1.67. The van der Waals surface area contributed by atoms with Gasteiger partial charge in [0.15, 0.2) is 0 Å². The molecule has 0 aliphatic carbocycles. The van der Waals surface area contributed by atoms with E-state index in [2.05, 4.69) is 0 Å². The van der Waals surface area contributed by atoms with E-state index in [1.165, 1.54) is 19.1 Å². The number of carbonyl (C=O) groups excluding carboxylic acids is 1. The topological polar surface area (TPSA) is 63.7 Å². The van der Waals surface area contributed by atoms with Crippen LogP contribution in [-0.4, -0.2) is 38.4 Å². The minimum absolute atomic E-state index is 0.0236. The van der Waals surface area contributed by atoms with Crippen molar-refractivity contribution in [2.75, 3.05) is 13.2 Å². The Morgan fingerprint density at radius 3 is 2.60 bits per heavy atom. The van der Waals surface area contributed by atoms with Crippen LogP contribution in [0.15, 0.2) is 29.2 Å². The van der Waals surface area contributed by atoms with Crippen molar-refractivity contribution in [3.05, 3.63) is 29.8 Å². The van der Waals surface area contributed by atoms with Crippen LogP contribution in [0.4, 0.5) is 0 Å². The van der Waals surface area contributed by atoms with Gasteiger partial charge in [0.2, 0.25) is 5.91 Å². The maximum absolute atomic E-state index is 12.1. The number of benzene rings is 1. The minimum atomic E-state index is -3.75. The Morgan fingerprint density at radius 1 is 1.35 bits per heavy atom. The molecule has 6 heteroatoms. The van der Waals surface area contributed by atoms with Crippen LogP contribution < -0.4 is 0 Å². The molecule has 2 rings (SSSR count). The summed E-state index contributed by atoms with van der Waals surface area (Å²) >= 11 is 0. The zero-order valence-electron chi connectivity index (χ0n) is 11.7. The predicted octanol–water partition coefficient (Wildman–Crippen LogP) is 1.71. The molecule has 0 bridgehead atoms. The first-order valence-electron chi connectivity index (χ1n) is 6.63. The highest BCUT2D eigenvalue weighted by Gasteiger charge is 2.28. The fraction of sp³-hybridized carbons (Fsp3) is 0.500. The van der Waals surface area contributed by atoms with E-state index >= 15 is 0 Å². The van der Waals surface area contributed by atoms with Gasteiger partial charge < -0.3 is 4.90 Å². The molecule has 1 aliphatic rings.